The minimum absolute atomic E-state index is 0.567. The van der Waals surface area contributed by atoms with E-state index in [2.05, 4.69) is 27.3 Å². The summed E-state index contributed by atoms with van der Waals surface area (Å²) in [5, 5.41) is 7.29. The summed E-state index contributed by atoms with van der Waals surface area (Å²) >= 11 is 0. The Hall–Kier alpha value is -1.88. The van der Waals surface area contributed by atoms with E-state index in [9.17, 15) is 0 Å². The molecule has 3 rings (SSSR count). The van der Waals surface area contributed by atoms with E-state index in [4.69, 9.17) is 4.52 Å². The molecule has 21 heavy (non-hydrogen) atoms. The Labute approximate surface area is 125 Å². The molecule has 2 heterocycles. The van der Waals surface area contributed by atoms with Crippen molar-refractivity contribution in [2.75, 3.05) is 31.5 Å². The molecule has 5 heteroatoms. The Morgan fingerprint density at radius 3 is 3.00 bits per heavy atom. The summed E-state index contributed by atoms with van der Waals surface area (Å²) in [5.41, 5.74) is 0.952. The van der Waals surface area contributed by atoms with Crippen molar-refractivity contribution < 1.29 is 4.52 Å². The van der Waals surface area contributed by atoms with Crippen molar-refractivity contribution in [3.8, 4) is 11.5 Å². The van der Waals surface area contributed by atoms with E-state index in [1.165, 1.54) is 32.5 Å². The predicted molar refractivity (Wildman–Crippen MR) is 83.1 cm³/mol. The van der Waals surface area contributed by atoms with Crippen molar-refractivity contribution >= 4 is 5.95 Å². The molecule has 0 spiro atoms. The minimum atomic E-state index is 0.567. The third-order valence-corrected chi connectivity index (χ3v) is 3.91. The summed E-state index contributed by atoms with van der Waals surface area (Å²) in [6.07, 6.45) is 2.47. The number of likely N-dealkylation sites (tertiary alicyclic amines) is 1. The number of rotatable bonds is 6. The van der Waals surface area contributed by atoms with E-state index in [0.29, 0.717) is 17.8 Å². The zero-order valence-electron chi connectivity index (χ0n) is 12.5. The fourth-order valence-corrected chi connectivity index (χ4v) is 2.83. The molecule has 0 saturated carbocycles. The van der Waals surface area contributed by atoms with E-state index >= 15 is 0 Å². The molecular formula is C16H22N4O. The van der Waals surface area contributed by atoms with Crippen molar-refractivity contribution in [3.05, 3.63) is 30.3 Å². The van der Waals surface area contributed by atoms with Gasteiger partial charge in [0.1, 0.15) is 0 Å². The van der Waals surface area contributed by atoms with Crippen LogP contribution in [0.5, 0.6) is 0 Å². The van der Waals surface area contributed by atoms with Crippen LogP contribution in [0.25, 0.3) is 11.5 Å². The monoisotopic (exact) mass is 286 g/mol. The second-order valence-corrected chi connectivity index (χ2v) is 5.63. The maximum Gasteiger partial charge on any atom is 0.263 e. The lowest BCUT2D eigenvalue weighted by Crippen LogP contribution is -2.23. The lowest BCUT2D eigenvalue weighted by Gasteiger charge is -2.14. The van der Waals surface area contributed by atoms with E-state index < -0.39 is 0 Å². The molecule has 0 radical (unpaired) electrons. The first-order chi connectivity index (χ1) is 10.3. The predicted octanol–water partition coefficient (Wildman–Crippen LogP) is 2.88. The second-order valence-electron chi connectivity index (χ2n) is 5.63. The van der Waals surface area contributed by atoms with Crippen LogP contribution in [0.3, 0.4) is 0 Å². The highest BCUT2D eigenvalue weighted by molar-refractivity contribution is 5.53. The van der Waals surface area contributed by atoms with E-state index in [1.807, 2.05) is 30.3 Å². The van der Waals surface area contributed by atoms with Crippen LogP contribution < -0.4 is 5.32 Å². The molecule has 0 amide bonds. The van der Waals surface area contributed by atoms with Gasteiger partial charge in [-0.25, -0.2) is 0 Å². The Balaban J connectivity index is 1.52. The van der Waals surface area contributed by atoms with E-state index in [0.717, 1.165) is 12.1 Å². The van der Waals surface area contributed by atoms with Gasteiger partial charge in [0, 0.05) is 18.7 Å². The number of aromatic nitrogens is 2. The number of benzene rings is 1. The first-order valence-corrected chi connectivity index (χ1v) is 7.70. The van der Waals surface area contributed by atoms with Gasteiger partial charge in [-0.15, -0.1) is 0 Å². The smallest absolute Gasteiger partial charge is 0.263 e. The molecule has 5 nitrogen and oxygen atoms in total. The van der Waals surface area contributed by atoms with Crippen LogP contribution in [0.1, 0.15) is 19.8 Å². The summed E-state index contributed by atoms with van der Waals surface area (Å²) in [5.74, 6) is 1.83. The molecule has 1 saturated heterocycles. The highest BCUT2D eigenvalue weighted by Crippen LogP contribution is 2.19. The van der Waals surface area contributed by atoms with Gasteiger partial charge in [-0.1, -0.05) is 25.1 Å². The Morgan fingerprint density at radius 2 is 2.19 bits per heavy atom. The molecule has 1 aromatic heterocycles. The minimum Gasteiger partial charge on any atom is -0.351 e. The van der Waals surface area contributed by atoms with Gasteiger partial charge in [-0.3, -0.25) is 0 Å². The Bertz CT molecular complexity index is 554. The van der Waals surface area contributed by atoms with Crippen LogP contribution in [0.2, 0.25) is 0 Å². The number of nitrogens with one attached hydrogen (secondary N) is 1. The average Bonchev–Trinajstić information content (AvgIpc) is 3.16. The van der Waals surface area contributed by atoms with E-state index in [-0.39, 0.29) is 0 Å². The van der Waals surface area contributed by atoms with Gasteiger partial charge in [-0.2, -0.15) is 4.98 Å². The molecule has 1 N–H and O–H groups in total. The molecule has 1 aliphatic rings. The molecule has 1 atom stereocenters. The van der Waals surface area contributed by atoms with Crippen LogP contribution >= 0.6 is 0 Å². The summed E-state index contributed by atoms with van der Waals surface area (Å²) in [4.78, 5) is 6.92. The van der Waals surface area contributed by atoms with Crippen LogP contribution in [-0.4, -0.2) is 41.2 Å². The van der Waals surface area contributed by atoms with Crippen LogP contribution in [-0.2, 0) is 0 Å². The summed E-state index contributed by atoms with van der Waals surface area (Å²) in [7, 11) is 0. The van der Waals surface area contributed by atoms with E-state index in [1.54, 1.807) is 0 Å². The zero-order chi connectivity index (χ0) is 14.5. The Morgan fingerprint density at radius 1 is 1.33 bits per heavy atom. The molecule has 1 unspecified atom stereocenters. The molecular weight excluding hydrogens is 264 g/mol. The summed E-state index contributed by atoms with van der Waals surface area (Å²) < 4.78 is 5.29. The van der Waals surface area contributed by atoms with Crippen LogP contribution in [0.15, 0.2) is 34.9 Å². The van der Waals surface area contributed by atoms with Crippen LogP contribution in [0.4, 0.5) is 5.95 Å². The van der Waals surface area contributed by atoms with Crippen molar-refractivity contribution in [1.29, 1.82) is 0 Å². The molecule has 1 fully saturated rings. The maximum atomic E-state index is 5.29. The van der Waals surface area contributed by atoms with Gasteiger partial charge in [0.2, 0.25) is 0 Å². The normalized spacial score (nSPS) is 19.0. The first-order valence-electron chi connectivity index (χ1n) is 7.70. The van der Waals surface area contributed by atoms with Crippen molar-refractivity contribution in [2.24, 2.45) is 5.92 Å². The molecule has 2 aromatic rings. The first kappa shape index (κ1) is 14.1. The molecule has 112 valence electrons. The maximum absolute atomic E-state index is 5.29. The standard InChI is InChI=1S/C16H22N4O/c1-2-9-20-10-8-13(12-20)11-17-16-18-15(21-19-16)14-6-4-3-5-7-14/h3-7,13H,2,8-12H2,1H3,(H,17,19). The van der Waals surface area contributed by atoms with Gasteiger partial charge in [0.25, 0.3) is 11.8 Å². The molecule has 1 aromatic carbocycles. The highest BCUT2D eigenvalue weighted by Gasteiger charge is 2.21. The fraction of sp³-hybridized carbons (Fsp3) is 0.500. The summed E-state index contributed by atoms with van der Waals surface area (Å²) in [6, 6.07) is 9.84. The number of hydrogen-bond acceptors (Lipinski definition) is 5. The lowest BCUT2D eigenvalue weighted by molar-refractivity contribution is 0.327. The third-order valence-electron chi connectivity index (χ3n) is 3.91. The molecule has 1 aliphatic heterocycles. The van der Waals surface area contributed by atoms with Gasteiger partial charge >= 0.3 is 0 Å². The fourth-order valence-electron chi connectivity index (χ4n) is 2.83. The Kier molecular flexibility index (Phi) is 4.50. The van der Waals surface area contributed by atoms with Crippen molar-refractivity contribution in [2.45, 2.75) is 19.8 Å². The van der Waals surface area contributed by atoms with Gasteiger partial charge in [0.05, 0.1) is 0 Å². The largest absolute Gasteiger partial charge is 0.351 e. The molecule has 0 bridgehead atoms. The molecule has 0 aliphatic carbocycles. The topological polar surface area (TPSA) is 54.2 Å². The van der Waals surface area contributed by atoms with Crippen molar-refractivity contribution in [3.63, 3.8) is 0 Å². The van der Waals surface area contributed by atoms with Gasteiger partial charge < -0.3 is 14.7 Å². The second kappa shape index (κ2) is 6.72. The van der Waals surface area contributed by atoms with Crippen molar-refractivity contribution in [1.82, 2.24) is 15.0 Å². The highest BCUT2D eigenvalue weighted by atomic mass is 16.5. The number of nitrogens with zero attached hydrogens (tertiary/aromatic N) is 3. The number of anilines is 1. The van der Waals surface area contributed by atoms with Crippen LogP contribution in [0, 0.1) is 5.92 Å². The van der Waals surface area contributed by atoms with Gasteiger partial charge in [0.15, 0.2) is 0 Å². The average molecular weight is 286 g/mol. The quantitative estimate of drug-likeness (QED) is 0.885. The third kappa shape index (κ3) is 3.61. The van der Waals surface area contributed by atoms with Gasteiger partial charge in [-0.05, 0) is 49.1 Å². The zero-order valence-corrected chi connectivity index (χ0v) is 12.5. The number of hydrogen-bond donors (Lipinski definition) is 1. The lowest BCUT2D eigenvalue weighted by atomic mass is 10.1. The summed E-state index contributed by atoms with van der Waals surface area (Å²) in [6.45, 7) is 6.73. The SMILES string of the molecule is CCCN1CCC(CNc2noc(-c3ccccc3)n2)C1.